The van der Waals surface area contributed by atoms with E-state index in [4.69, 9.17) is 0 Å². The number of fused-ring (bicyclic) bond motifs is 1. The van der Waals surface area contributed by atoms with Crippen LogP contribution >= 0.6 is 0 Å². The van der Waals surface area contributed by atoms with Crippen molar-refractivity contribution in [2.24, 2.45) is 0 Å². The van der Waals surface area contributed by atoms with Crippen LogP contribution in [0.4, 0.5) is 0 Å². The summed E-state index contributed by atoms with van der Waals surface area (Å²) in [6.07, 6.45) is 0. The van der Waals surface area contributed by atoms with Crippen LogP contribution in [0.3, 0.4) is 0 Å². The highest BCUT2D eigenvalue weighted by molar-refractivity contribution is 5.92. The number of imidazole rings is 1. The quantitative estimate of drug-likeness (QED) is 0.797. The molecule has 108 valence electrons. The highest BCUT2D eigenvalue weighted by Crippen LogP contribution is 2.17. The Morgan fingerprint density at radius 1 is 1.33 bits per heavy atom. The third kappa shape index (κ3) is 2.40. The molecule has 0 aliphatic heterocycles. The van der Waals surface area contributed by atoms with Crippen molar-refractivity contribution in [3.05, 3.63) is 47.5 Å². The van der Waals surface area contributed by atoms with Crippen LogP contribution in [0.15, 0.2) is 30.3 Å². The van der Waals surface area contributed by atoms with Crippen LogP contribution in [0.25, 0.3) is 11.0 Å². The molecule has 0 aliphatic rings. The highest BCUT2D eigenvalue weighted by Gasteiger charge is 2.14. The number of nitrogens with one attached hydrogen (secondary N) is 1. The zero-order chi connectivity index (χ0) is 15.0. The van der Waals surface area contributed by atoms with Gasteiger partial charge < -0.3 is 9.47 Å². The second-order valence-corrected chi connectivity index (χ2v) is 5.21. The van der Waals surface area contributed by atoms with Crippen molar-refractivity contribution in [1.29, 1.82) is 0 Å². The predicted molar refractivity (Wildman–Crippen MR) is 80.2 cm³/mol. The minimum absolute atomic E-state index is 0.107. The lowest BCUT2D eigenvalue weighted by Gasteiger charge is -2.06. The summed E-state index contributed by atoms with van der Waals surface area (Å²) in [4.78, 5) is 17.9. The van der Waals surface area contributed by atoms with Gasteiger partial charge in [0.05, 0.1) is 23.3 Å². The molecule has 3 rings (SSSR count). The van der Waals surface area contributed by atoms with Gasteiger partial charge in [0.1, 0.15) is 11.5 Å². The van der Waals surface area contributed by atoms with Crippen LogP contribution in [0.5, 0.6) is 0 Å². The van der Waals surface area contributed by atoms with E-state index in [0.717, 1.165) is 22.6 Å². The SMILES string of the molecule is Cc1nc2ccccc2n1Cc1cc(C(=O)N(C)C)n[nH]1. The third-order valence-corrected chi connectivity index (χ3v) is 3.43. The van der Waals surface area contributed by atoms with E-state index in [9.17, 15) is 4.79 Å². The molecule has 6 nitrogen and oxygen atoms in total. The molecular formula is C15H17N5O. The van der Waals surface area contributed by atoms with E-state index in [1.807, 2.05) is 31.2 Å². The van der Waals surface area contributed by atoms with Crippen molar-refractivity contribution in [3.63, 3.8) is 0 Å². The average molecular weight is 283 g/mol. The van der Waals surface area contributed by atoms with E-state index >= 15 is 0 Å². The van der Waals surface area contributed by atoms with Crippen LogP contribution in [0.1, 0.15) is 22.0 Å². The fourth-order valence-corrected chi connectivity index (χ4v) is 2.35. The predicted octanol–water partition coefficient (Wildman–Crippen LogP) is 1.82. The summed E-state index contributed by atoms with van der Waals surface area (Å²) < 4.78 is 2.10. The molecule has 1 N–H and O–H groups in total. The zero-order valence-corrected chi connectivity index (χ0v) is 12.3. The molecule has 0 saturated carbocycles. The van der Waals surface area contributed by atoms with Crippen molar-refractivity contribution >= 4 is 16.9 Å². The minimum atomic E-state index is -0.107. The van der Waals surface area contributed by atoms with Gasteiger partial charge in [-0.3, -0.25) is 9.89 Å². The van der Waals surface area contributed by atoms with Crippen LogP contribution in [0.2, 0.25) is 0 Å². The van der Waals surface area contributed by atoms with E-state index in [2.05, 4.69) is 19.7 Å². The number of rotatable bonds is 3. The summed E-state index contributed by atoms with van der Waals surface area (Å²) in [5.74, 6) is 0.830. The Balaban J connectivity index is 1.92. The normalized spacial score (nSPS) is 11.0. The van der Waals surface area contributed by atoms with Gasteiger partial charge in [-0.15, -0.1) is 0 Å². The first kappa shape index (κ1) is 13.4. The van der Waals surface area contributed by atoms with Crippen molar-refractivity contribution < 1.29 is 4.79 Å². The summed E-state index contributed by atoms with van der Waals surface area (Å²) in [7, 11) is 3.43. The van der Waals surface area contributed by atoms with E-state index < -0.39 is 0 Å². The van der Waals surface area contributed by atoms with Gasteiger partial charge in [-0.25, -0.2) is 4.98 Å². The lowest BCUT2D eigenvalue weighted by atomic mass is 10.3. The van der Waals surface area contributed by atoms with Crippen LogP contribution < -0.4 is 0 Å². The number of H-pyrrole nitrogens is 1. The van der Waals surface area contributed by atoms with Gasteiger partial charge in [-0.1, -0.05) is 12.1 Å². The fourth-order valence-electron chi connectivity index (χ4n) is 2.35. The largest absolute Gasteiger partial charge is 0.343 e. The maximum atomic E-state index is 11.9. The van der Waals surface area contributed by atoms with E-state index in [1.165, 1.54) is 4.90 Å². The number of aromatic nitrogens is 4. The second-order valence-electron chi connectivity index (χ2n) is 5.21. The van der Waals surface area contributed by atoms with Crippen molar-refractivity contribution in [2.75, 3.05) is 14.1 Å². The van der Waals surface area contributed by atoms with Gasteiger partial charge >= 0.3 is 0 Å². The molecule has 1 aromatic carbocycles. The molecule has 1 amide bonds. The zero-order valence-electron chi connectivity index (χ0n) is 12.3. The summed E-state index contributed by atoms with van der Waals surface area (Å²) in [5.41, 5.74) is 3.35. The molecule has 21 heavy (non-hydrogen) atoms. The average Bonchev–Trinajstić information content (AvgIpc) is 3.04. The van der Waals surface area contributed by atoms with Crippen molar-refractivity contribution in [2.45, 2.75) is 13.5 Å². The van der Waals surface area contributed by atoms with Gasteiger partial charge in [-0.05, 0) is 25.1 Å². The molecule has 0 radical (unpaired) electrons. The molecule has 0 spiro atoms. The minimum Gasteiger partial charge on any atom is -0.343 e. The van der Waals surface area contributed by atoms with Gasteiger partial charge in [0.15, 0.2) is 0 Å². The molecule has 0 unspecified atom stereocenters. The molecule has 2 aromatic heterocycles. The summed E-state index contributed by atoms with van der Waals surface area (Å²) in [5, 5.41) is 7.00. The number of amides is 1. The van der Waals surface area contributed by atoms with Gasteiger partial charge in [-0.2, -0.15) is 5.10 Å². The maximum absolute atomic E-state index is 11.9. The molecule has 0 fully saturated rings. The molecular weight excluding hydrogens is 266 g/mol. The first-order valence-corrected chi connectivity index (χ1v) is 6.74. The Kier molecular flexibility index (Phi) is 3.21. The Bertz CT molecular complexity index is 799. The maximum Gasteiger partial charge on any atom is 0.273 e. The van der Waals surface area contributed by atoms with Gasteiger partial charge in [0, 0.05) is 14.1 Å². The van der Waals surface area contributed by atoms with Crippen LogP contribution in [0, 0.1) is 6.92 Å². The first-order chi connectivity index (χ1) is 10.1. The number of benzene rings is 1. The molecule has 0 saturated heterocycles. The Morgan fingerprint density at radius 2 is 2.10 bits per heavy atom. The number of nitrogens with zero attached hydrogens (tertiary/aromatic N) is 4. The summed E-state index contributed by atoms with van der Waals surface area (Å²) in [6, 6.07) is 9.79. The number of aryl methyl sites for hydroxylation is 1. The number of hydrogen-bond acceptors (Lipinski definition) is 3. The second kappa shape index (κ2) is 5.05. The topological polar surface area (TPSA) is 66.8 Å². The molecule has 2 heterocycles. The first-order valence-electron chi connectivity index (χ1n) is 6.74. The molecule has 0 atom stereocenters. The van der Waals surface area contributed by atoms with Crippen molar-refractivity contribution in [3.8, 4) is 0 Å². The van der Waals surface area contributed by atoms with E-state index in [-0.39, 0.29) is 5.91 Å². The van der Waals surface area contributed by atoms with E-state index in [1.54, 1.807) is 20.2 Å². The molecule has 0 aliphatic carbocycles. The Hall–Kier alpha value is -2.63. The lowest BCUT2D eigenvalue weighted by Crippen LogP contribution is -2.21. The highest BCUT2D eigenvalue weighted by atomic mass is 16.2. The standard InChI is InChI=1S/C15H17N5O/c1-10-16-12-6-4-5-7-14(12)20(10)9-11-8-13(18-17-11)15(21)19(2)3/h4-8H,9H2,1-3H3,(H,17,18). The van der Waals surface area contributed by atoms with Gasteiger partial charge in [0.2, 0.25) is 0 Å². The number of para-hydroxylation sites is 2. The summed E-state index contributed by atoms with van der Waals surface area (Å²) in [6.45, 7) is 2.59. The number of hydrogen-bond donors (Lipinski definition) is 1. The van der Waals surface area contributed by atoms with Gasteiger partial charge in [0.25, 0.3) is 5.91 Å². The molecule has 3 aromatic rings. The fraction of sp³-hybridized carbons (Fsp3) is 0.267. The van der Waals surface area contributed by atoms with E-state index in [0.29, 0.717) is 12.2 Å². The Labute approximate surface area is 122 Å². The smallest absolute Gasteiger partial charge is 0.273 e. The number of carbonyl (C=O) groups excluding carboxylic acids is 1. The van der Waals surface area contributed by atoms with Crippen molar-refractivity contribution in [1.82, 2.24) is 24.6 Å². The molecule has 0 bridgehead atoms. The van der Waals surface area contributed by atoms with Crippen LogP contribution in [-0.2, 0) is 6.54 Å². The Morgan fingerprint density at radius 3 is 2.86 bits per heavy atom. The molecule has 6 heteroatoms. The monoisotopic (exact) mass is 283 g/mol. The number of aromatic amines is 1. The third-order valence-electron chi connectivity index (χ3n) is 3.43. The lowest BCUT2D eigenvalue weighted by molar-refractivity contribution is 0.0822. The van der Waals surface area contributed by atoms with Crippen LogP contribution in [-0.4, -0.2) is 44.7 Å². The summed E-state index contributed by atoms with van der Waals surface area (Å²) >= 11 is 0. The number of carbonyl (C=O) groups is 1.